The smallest absolute Gasteiger partial charge is 0.0303 e. The molecule has 1 heteroatoms. The lowest BCUT2D eigenvalue weighted by atomic mass is 9.92. The fourth-order valence-corrected chi connectivity index (χ4v) is 1.35. The molecule has 0 saturated carbocycles. The molecule has 70 valence electrons. The molecule has 1 nitrogen and oxygen atoms in total. The van der Waals surface area contributed by atoms with Crippen LogP contribution in [0.1, 0.15) is 31.4 Å². The number of rotatable bonds is 3. The van der Waals surface area contributed by atoms with Gasteiger partial charge in [0.05, 0.1) is 0 Å². The highest BCUT2D eigenvalue weighted by molar-refractivity contribution is 5.66. The molecule has 0 aliphatic carbocycles. The topological polar surface area (TPSA) is 12.9 Å². The van der Waals surface area contributed by atoms with E-state index in [0.29, 0.717) is 5.92 Å². The molecule has 0 aliphatic heterocycles. The van der Waals surface area contributed by atoms with Crippen LogP contribution in [0.3, 0.4) is 0 Å². The number of allylic oxidation sites excluding steroid dienone is 1. The molecule has 0 bridgehead atoms. The predicted octanol–water partition coefficient (Wildman–Crippen LogP) is 3.45. The highest BCUT2D eigenvalue weighted by Crippen LogP contribution is 2.25. The van der Waals surface area contributed by atoms with Crippen LogP contribution in [0.4, 0.5) is 0 Å². The number of nitrogens with zero attached hydrogens (tertiary/aromatic N) is 1. The van der Waals surface area contributed by atoms with E-state index in [1.807, 2.05) is 18.5 Å². The van der Waals surface area contributed by atoms with Crippen LogP contribution in [-0.2, 0) is 0 Å². The second-order valence-corrected chi connectivity index (χ2v) is 3.53. The molecule has 0 amide bonds. The Bertz CT molecular complexity index is 302. The SMILES string of the molecule is C=C(c1ccncc1C)C(C)CC. The third-order valence-electron chi connectivity index (χ3n) is 2.57. The molecule has 0 fully saturated rings. The largest absolute Gasteiger partial charge is 0.264 e. The number of hydrogen-bond acceptors (Lipinski definition) is 1. The quantitative estimate of drug-likeness (QED) is 0.685. The summed E-state index contributed by atoms with van der Waals surface area (Å²) in [6.45, 7) is 10.6. The Balaban J connectivity index is 2.95. The van der Waals surface area contributed by atoms with E-state index in [9.17, 15) is 0 Å². The minimum Gasteiger partial charge on any atom is -0.264 e. The number of hydrogen-bond donors (Lipinski definition) is 0. The van der Waals surface area contributed by atoms with Gasteiger partial charge in [0.25, 0.3) is 0 Å². The molecular formula is C12H17N. The normalized spacial score (nSPS) is 12.5. The number of aryl methyl sites for hydroxylation is 1. The Morgan fingerprint density at radius 2 is 2.31 bits per heavy atom. The van der Waals surface area contributed by atoms with E-state index in [0.717, 1.165) is 6.42 Å². The maximum absolute atomic E-state index is 4.13. The lowest BCUT2D eigenvalue weighted by Crippen LogP contribution is -1.98. The van der Waals surface area contributed by atoms with Crippen molar-refractivity contribution in [3.8, 4) is 0 Å². The summed E-state index contributed by atoms with van der Waals surface area (Å²) >= 11 is 0. The van der Waals surface area contributed by atoms with E-state index in [1.54, 1.807) is 0 Å². The number of aromatic nitrogens is 1. The Morgan fingerprint density at radius 3 is 2.85 bits per heavy atom. The van der Waals surface area contributed by atoms with Gasteiger partial charge >= 0.3 is 0 Å². The van der Waals surface area contributed by atoms with Crippen molar-refractivity contribution in [3.05, 3.63) is 36.2 Å². The van der Waals surface area contributed by atoms with Gasteiger partial charge in [0, 0.05) is 12.4 Å². The monoisotopic (exact) mass is 175 g/mol. The Labute approximate surface area is 80.5 Å². The molecule has 0 aliphatic rings. The minimum absolute atomic E-state index is 0.557. The molecule has 13 heavy (non-hydrogen) atoms. The standard InChI is InChI=1S/C12H17N/c1-5-9(2)11(4)12-6-7-13-8-10(12)3/h6-9H,4-5H2,1-3H3. The first kappa shape index (κ1) is 9.97. The lowest BCUT2D eigenvalue weighted by molar-refractivity contribution is 0.718. The lowest BCUT2D eigenvalue weighted by Gasteiger charge is -2.14. The van der Waals surface area contributed by atoms with Crippen molar-refractivity contribution >= 4 is 5.57 Å². The molecule has 0 spiro atoms. The summed E-state index contributed by atoms with van der Waals surface area (Å²) in [5.41, 5.74) is 3.69. The van der Waals surface area contributed by atoms with Gasteiger partial charge in [-0.25, -0.2) is 0 Å². The summed E-state index contributed by atoms with van der Waals surface area (Å²) in [6, 6.07) is 2.05. The molecule has 1 heterocycles. The van der Waals surface area contributed by atoms with Crippen molar-refractivity contribution in [2.24, 2.45) is 5.92 Å². The molecule has 1 aromatic rings. The van der Waals surface area contributed by atoms with Gasteiger partial charge in [-0.15, -0.1) is 0 Å². The van der Waals surface area contributed by atoms with Crippen LogP contribution in [-0.4, -0.2) is 4.98 Å². The van der Waals surface area contributed by atoms with Gasteiger partial charge < -0.3 is 0 Å². The second-order valence-electron chi connectivity index (χ2n) is 3.53. The van der Waals surface area contributed by atoms with Crippen LogP contribution in [0, 0.1) is 12.8 Å². The first-order valence-corrected chi connectivity index (χ1v) is 4.76. The minimum atomic E-state index is 0.557. The van der Waals surface area contributed by atoms with Crippen LogP contribution in [0.2, 0.25) is 0 Å². The van der Waals surface area contributed by atoms with E-state index in [4.69, 9.17) is 0 Å². The molecule has 1 aromatic heterocycles. The summed E-state index contributed by atoms with van der Waals surface area (Å²) in [7, 11) is 0. The summed E-state index contributed by atoms with van der Waals surface area (Å²) in [6.07, 6.45) is 4.86. The van der Waals surface area contributed by atoms with Gasteiger partial charge in [0.1, 0.15) is 0 Å². The fourth-order valence-electron chi connectivity index (χ4n) is 1.35. The van der Waals surface area contributed by atoms with E-state index >= 15 is 0 Å². The van der Waals surface area contributed by atoms with Crippen LogP contribution in [0.25, 0.3) is 5.57 Å². The summed E-state index contributed by atoms with van der Waals surface area (Å²) in [5.74, 6) is 0.557. The second kappa shape index (κ2) is 4.22. The van der Waals surface area contributed by atoms with E-state index in [2.05, 4.69) is 32.3 Å². The zero-order chi connectivity index (χ0) is 9.84. The van der Waals surface area contributed by atoms with Crippen molar-refractivity contribution in [3.63, 3.8) is 0 Å². The van der Waals surface area contributed by atoms with Crippen molar-refractivity contribution in [1.29, 1.82) is 0 Å². The van der Waals surface area contributed by atoms with E-state index in [1.165, 1.54) is 16.7 Å². The highest BCUT2D eigenvalue weighted by atomic mass is 14.6. The summed E-state index contributed by atoms with van der Waals surface area (Å²) in [5, 5.41) is 0. The van der Waals surface area contributed by atoms with Crippen molar-refractivity contribution in [1.82, 2.24) is 4.98 Å². The van der Waals surface area contributed by atoms with Gasteiger partial charge in [-0.1, -0.05) is 20.4 Å². The highest BCUT2D eigenvalue weighted by Gasteiger charge is 2.08. The van der Waals surface area contributed by atoms with Crippen LogP contribution in [0.5, 0.6) is 0 Å². The fraction of sp³-hybridized carbons (Fsp3) is 0.417. The van der Waals surface area contributed by atoms with E-state index in [-0.39, 0.29) is 0 Å². The Hall–Kier alpha value is -1.11. The van der Waals surface area contributed by atoms with Crippen LogP contribution < -0.4 is 0 Å². The Kier molecular flexibility index (Phi) is 3.24. The zero-order valence-electron chi connectivity index (χ0n) is 8.67. The van der Waals surface area contributed by atoms with Crippen molar-refractivity contribution in [2.45, 2.75) is 27.2 Å². The third-order valence-corrected chi connectivity index (χ3v) is 2.57. The average molecular weight is 175 g/mol. The predicted molar refractivity (Wildman–Crippen MR) is 57.5 cm³/mol. The molecule has 0 aromatic carbocycles. The summed E-state index contributed by atoms with van der Waals surface area (Å²) < 4.78 is 0. The molecular weight excluding hydrogens is 158 g/mol. The molecule has 1 atom stereocenters. The van der Waals surface area contributed by atoms with Gasteiger partial charge in [-0.05, 0) is 42.0 Å². The van der Waals surface area contributed by atoms with Crippen molar-refractivity contribution < 1.29 is 0 Å². The van der Waals surface area contributed by atoms with Gasteiger partial charge in [-0.3, -0.25) is 4.98 Å². The van der Waals surface area contributed by atoms with E-state index < -0.39 is 0 Å². The maximum Gasteiger partial charge on any atom is 0.0303 e. The average Bonchev–Trinajstić information content (AvgIpc) is 2.16. The third kappa shape index (κ3) is 2.18. The zero-order valence-corrected chi connectivity index (χ0v) is 8.67. The summed E-state index contributed by atoms with van der Waals surface area (Å²) in [4.78, 5) is 4.07. The Morgan fingerprint density at radius 1 is 1.62 bits per heavy atom. The number of pyridine rings is 1. The first-order chi connectivity index (χ1) is 6.16. The van der Waals surface area contributed by atoms with Crippen LogP contribution in [0.15, 0.2) is 25.0 Å². The maximum atomic E-state index is 4.13. The molecule has 1 unspecified atom stereocenters. The van der Waals surface area contributed by atoms with Crippen LogP contribution >= 0.6 is 0 Å². The van der Waals surface area contributed by atoms with Crippen molar-refractivity contribution in [2.75, 3.05) is 0 Å². The molecule has 0 N–H and O–H groups in total. The molecule has 0 radical (unpaired) electrons. The van der Waals surface area contributed by atoms with Gasteiger partial charge in [0.2, 0.25) is 0 Å². The molecule has 0 saturated heterocycles. The van der Waals surface area contributed by atoms with Gasteiger partial charge in [-0.2, -0.15) is 0 Å². The van der Waals surface area contributed by atoms with Gasteiger partial charge in [0.15, 0.2) is 0 Å². The first-order valence-electron chi connectivity index (χ1n) is 4.76. The molecule has 1 rings (SSSR count).